The first-order chi connectivity index (χ1) is 5.95. The summed E-state index contributed by atoms with van der Waals surface area (Å²) in [4.78, 5) is 0. The average molecular weight is 181 g/mol. The first-order valence-corrected chi connectivity index (χ1v) is 4.80. The van der Waals surface area contributed by atoms with Gasteiger partial charge in [-0.25, -0.2) is 4.68 Å². The molecule has 0 atom stereocenters. The molecule has 1 aromatic heterocycles. The summed E-state index contributed by atoms with van der Waals surface area (Å²) >= 11 is 0. The number of nitrogen functional groups attached to an aromatic ring is 1. The van der Waals surface area contributed by atoms with E-state index in [0.717, 1.165) is 24.4 Å². The van der Waals surface area contributed by atoms with Crippen molar-refractivity contribution < 1.29 is 0 Å². The van der Waals surface area contributed by atoms with E-state index in [1.165, 1.54) is 0 Å². The van der Waals surface area contributed by atoms with Crippen LogP contribution in [0.5, 0.6) is 0 Å². The van der Waals surface area contributed by atoms with Gasteiger partial charge < -0.3 is 5.73 Å². The Bertz CT molecular complexity index is 281. The zero-order valence-corrected chi connectivity index (χ0v) is 8.96. The minimum Gasteiger partial charge on any atom is -0.384 e. The highest BCUT2D eigenvalue weighted by atomic mass is 15.3. The summed E-state index contributed by atoms with van der Waals surface area (Å²) in [5.74, 6) is 0.760. The van der Waals surface area contributed by atoms with Crippen LogP contribution in [-0.2, 0) is 12.0 Å². The third kappa shape index (κ3) is 2.23. The first-order valence-electron chi connectivity index (χ1n) is 4.80. The highest BCUT2D eigenvalue weighted by Gasteiger charge is 2.17. The molecule has 0 unspecified atom stereocenters. The molecule has 0 aliphatic carbocycles. The van der Waals surface area contributed by atoms with Crippen molar-refractivity contribution in [1.82, 2.24) is 9.78 Å². The van der Waals surface area contributed by atoms with Crippen LogP contribution in [0.25, 0.3) is 0 Å². The number of hydrogen-bond acceptors (Lipinski definition) is 2. The SMILES string of the molecule is CCCc1cc(N)n(C(C)(C)C)n1. The highest BCUT2D eigenvalue weighted by Crippen LogP contribution is 2.19. The van der Waals surface area contributed by atoms with Gasteiger partial charge in [0.05, 0.1) is 11.2 Å². The Morgan fingerprint density at radius 1 is 1.46 bits per heavy atom. The monoisotopic (exact) mass is 181 g/mol. The second-order valence-electron chi connectivity index (χ2n) is 4.39. The van der Waals surface area contributed by atoms with Gasteiger partial charge in [-0.1, -0.05) is 13.3 Å². The Balaban J connectivity index is 2.96. The maximum Gasteiger partial charge on any atom is 0.122 e. The molecule has 0 saturated heterocycles. The Labute approximate surface area is 79.9 Å². The van der Waals surface area contributed by atoms with E-state index in [-0.39, 0.29) is 5.54 Å². The van der Waals surface area contributed by atoms with Crippen molar-refractivity contribution in [2.75, 3.05) is 5.73 Å². The van der Waals surface area contributed by atoms with Gasteiger partial charge in [-0.15, -0.1) is 0 Å². The molecule has 1 heterocycles. The van der Waals surface area contributed by atoms with Gasteiger partial charge in [0.15, 0.2) is 0 Å². The summed E-state index contributed by atoms with van der Waals surface area (Å²) in [6, 6.07) is 1.97. The van der Waals surface area contributed by atoms with Gasteiger partial charge in [0, 0.05) is 6.07 Å². The minimum atomic E-state index is -0.0178. The van der Waals surface area contributed by atoms with Gasteiger partial charge in [-0.05, 0) is 27.2 Å². The van der Waals surface area contributed by atoms with Crippen molar-refractivity contribution in [1.29, 1.82) is 0 Å². The van der Waals surface area contributed by atoms with Crippen LogP contribution in [-0.4, -0.2) is 9.78 Å². The van der Waals surface area contributed by atoms with Gasteiger partial charge in [0.1, 0.15) is 5.82 Å². The Kier molecular flexibility index (Phi) is 2.64. The topological polar surface area (TPSA) is 43.8 Å². The van der Waals surface area contributed by atoms with Crippen molar-refractivity contribution in [2.45, 2.75) is 46.1 Å². The van der Waals surface area contributed by atoms with Gasteiger partial charge in [-0.2, -0.15) is 5.10 Å². The Morgan fingerprint density at radius 2 is 2.08 bits per heavy atom. The lowest BCUT2D eigenvalue weighted by molar-refractivity contribution is 0.359. The van der Waals surface area contributed by atoms with Gasteiger partial charge >= 0.3 is 0 Å². The molecule has 0 amide bonds. The maximum absolute atomic E-state index is 5.86. The molecule has 0 saturated carbocycles. The van der Waals surface area contributed by atoms with Crippen molar-refractivity contribution >= 4 is 5.82 Å². The summed E-state index contributed by atoms with van der Waals surface area (Å²) in [6.45, 7) is 8.45. The minimum absolute atomic E-state index is 0.0178. The lowest BCUT2D eigenvalue weighted by atomic mass is 10.1. The van der Waals surface area contributed by atoms with Crippen molar-refractivity contribution in [3.05, 3.63) is 11.8 Å². The molecule has 74 valence electrons. The second kappa shape index (κ2) is 3.40. The number of nitrogens with zero attached hydrogens (tertiary/aromatic N) is 2. The van der Waals surface area contributed by atoms with Crippen LogP contribution < -0.4 is 5.73 Å². The maximum atomic E-state index is 5.86. The molecule has 3 nitrogen and oxygen atoms in total. The molecule has 0 aliphatic rings. The van der Waals surface area contributed by atoms with E-state index in [0.29, 0.717) is 0 Å². The summed E-state index contributed by atoms with van der Waals surface area (Å²) in [5, 5.41) is 4.46. The molecule has 0 aromatic carbocycles. The Morgan fingerprint density at radius 3 is 2.46 bits per heavy atom. The van der Waals surface area contributed by atoms with Crippen molar-refractivity contribution in [3.63, 3.8) is 0 Å². The number of rotatable bonds is 2. The van der Waals surface area contributed by atoms with E-state index in [2.05, 4.69) is 32.8 Å². The van der Waals surface area contributed by atoms with Crippen LogP contribution in [0.15, 0.2) is 6.07 Å². The molecular formula is C10H19N3. The average Bonchev–Trinajstić information content (AvgIpc) is 2.30. The fraction of sp³-hybridized carbons (Fsp3) is 0.700. The lowest BCUT2D eigenvalue weighted by Crippen LogP contribution is -2.24. The molecule has 13 heavy (non-hydrogen) atoms. The molecule has 2 N–H and O–H groups in total. The van der Waals surface area contributed by atoms with Crippen LogP contribution in [0.1, 0.15) is 39.8 Å². The van der Waals surface area contributed by atoms with E-state index in [1.807, 2.05) is 10.7 Å². The molecule has 0 spiro atoms. The standard InChI is InChI=1S/C10H19N3/c1-5-6-8-7-9(11)13(12-8)10(2,3)4/h7H,5-6,11H2,1-4H3. The molecule has 0 radical (unpaired) electrons. The van der Waals surface area contributed by atoms with E-state index < -0.39 is 0 Å². The summed E-state index contributed by atoms with van der Waals surface area (Å²) in [6.07, 6.45) is 2.12. The number of anilines is 1. The molecule has 1 rings (SSSR count). The largest absolute Gasteiger partial charge is 0.384 e. The smallest absolute Gasteiger partial charge is 0.122 e. The number of hydrogen-bond donors (Lipinski definition) is 1. The first kappa shape index (κ1) is 10.1. The quantitative estimate of drug-likeness (QED) is 0.760. The number of nitrogens with two attached hydrogens (primary N) is 1. The lowest BCUT2D eigenvalue weighted by Gasteiger charge is -2.20. The predicted molar refractivity (Wildman–Crippen MR) is 55.6 cm³/mol. The number of aromatic nitrogens is 2. The van der Waals surface area contributed by atoms with Crippen LogP contribution >= 0.6 is 0 Å². The summed E-state index contributed by atoms with van der Waals surface area (Å²) in [5.41, 5.74) is 6.93. The molecular weight excluding hydrogens is 162 g/mol. The van der Waals surface area contributed by atoms with E-state index in [4.69, 9.17) is 5.73 Å². The predicted octanol–water partition coefficient (Wildman–Crippen LogP) is 2.17. The van der Waals surface area contributed by atoms with E-state index in [1.54, 1.807) is 0 Å². The van der Waals surface area contributed by atoms with Crippen LogP contribution in [0.2, 0.25) is 0 Å². The second-order valence-corrected chi connectivity index (χ2v) is 4.39. The Hall–Kier alpha value is -0.990. The third-order valence-electron chi connectivity index (χ3n) is 1.93. The van der Waals surface area contributed by atoms with Crippen LogP contribution in [0.3, 0.4) is 0 Å². The highest BCUT2D eigenvalue weighted by molar-refractivity contribution is 5.32. The van der Waals surface area contributed by atoms with Crippen LogP contribution in [0, 0.1) is 0 Å². The van der Waals surface area contributed by atoms with Crippen LogP contribution in [0.4, 0.5) is 5.82 Å². The third-order valence-corrected chi connectivity index (χ3v) is 1.93. The molecule has 0 fully saturated rings. The van der Waals surface area contributed by atoms with E-state index >= 15 is 0 Å². The fourth-order valence-electron chi connectivity index (χ4n) is 1.36. The molecule has 0 aliphatic heterocycles. The molecule has 1 aromatic rings. The van der Waals surface area contributed by atoms with Gasteiger partial charge in [-0.3, -0.25) is 0 Å². The number of aryl methyl sites for hydroxylation is 1. The molecule has 0 bridgehead atoms. The summed E-state index contributed by atoms with van der Waals surface area (Å²) < 4.78 is 1.89. The zero-order valence-electron chi connectivity index (χ0n) is 8.96. The normalized spacial score (nSPS) is 12.0. The van der Waals surface area contributed by atoms with Crippen molar-refractivity contribution in [3.8, 4) is 0 Å². The summed E-state index contributed by atoms with van der Waals surface area (Å²) in [7, 11) is 0. The fourth-order valence-corrected chi connectivity index (χ4v) is 1.36. The van der Waals surface area contributed by atoms with Gasteiger partial charge in [0.2, 0.25) is 0 Å². The van der Waals surface area contributed by atoms with Gasteiger partial charge in [0.25, 0.3) is 0 Å². The van der Waals surface area contributed by atoms with E-state index in [9.17, 15) is 0 Å². The van der Waals surface area contributed by atoms with Crippen molar-refractivity contribution in [2.24, 2.45) is 0 Å². The molecule has 3 heteroatoms. The zero-order chi connectivity index (χ0) is 10.1.